The van der Waals surface area contributed by atoms with Crippen molar-refractivity contribution in [3.05, 3.63) is 29.3 Å². The Morgan fingerprint density at radius 2 is 2.00 bits per heavy atom. The van der Waals surface area contributed by atoms with Crippen LogP contribution in [-0.2, 0) is 0 Å². The average molecular weight is 232 g/mol. The summed E-state index contributed by atoms with van der Waals surface area (Å²) in [5.41, 5.74) is 4.16. The Bertz CT molecular complexity index is 387. The van der Waals surface area contributed by atoms with Gasteiger partial charge in [0.05, 0.1) is 0 Å². The van der Waals surface area contributed by atoms with Gasteiger partial charge in [0, 0.05) is 24.8 Å². The summed E-state index contributed by atoms with van der Waals surface area (Å²) in [4.78, 5) is 2.52. The van der Waals surface area contributed by atoms with Crippen LogP contribution >= 0.6 is 0 Å². The summed E-state index contributed by atoms with van der Waals surface area (Å²) in [6.07, 6.45) is 1.24. The van der Waals surface area contributed by atoms with Gasteiger partial charge in [-0.25, -0.2) is 0 Å². The molecule has 1 saturated heterocycles. The molecule has 1 aromatic carbocycles. The van der Waals surface area contributed by atoms with E-state index in [0.29, 0.717) is 6.04 Å². The number of nitrogens with zero attached hydrogens (tertiary/aromatic N) is 1. The average Bonchev–Trinajstić information content (AvgIpc) is 2.32. The summed E-state index contributed by atoms with van der Waals surface area (Å²) in [6, 6.07) is 7.49. The maximum absolute atomic E-state index is 3.42. The summed E-state index contributed by atoms with van der Waals surface area (Å²) < 4.78 is 0. The van der Waals surface area contributed by atoms with Crippen molar-refractivity contribution in [2.75, 3.05) is 25.0 Å². The molecule has 1 aromatic rings. The fourth-order valence-electron chi connectivity index (χ4n) is 2.73. The highest BCUT2D eigenvalue weighted by atomic mass is 15.2. The van der Waals surface area contributed by atoms with E-state index in [1.54, 1.807) is 0 Å². The van der Waals surface area contributed by atoms with Gasteiger partial charge in [-0.15, -0.1) is 0 Å². The summed E-state index contributed by atoms with van der Waals surface area (Å²) in [5, 5.41) is 3.42. The summed E-state index contributed by atoms with van der Waals surface area (Å²) >= 11 is 0. The number of anilines is 1. The molecule has 2 unspecified atom stereocenters. The summed E-state index contributed by atoms with van der Waals surface area (Å²) in [6.45, 7) is 9.04. The summed E-state index contributed by atoms with van der Waals surface area (Å²) in [5.74, 6) is 0.718. The van der Waals surface area contributed by atoms with Crippen molar-refractivity contribution in [3.8, 4) is 0 Å². The van der Waals surface area contributed by atoms with Gasteiger partial charge in [0.15, 0.2) is 0 Å². The molecule has 1 N–H and O–H groups in total. The second-order valence-corrected chi connectivity index (χ2v) is 5.38. The van der Waals surface area contributed by atoms with Crippen LogP contribution in [0.1, 0.15) is 24.5 Å². The fraction of sp³-hybridized carbons (Fsp3) is 0.600. The number of piperidine rings is 1. The lowest BCUT2D eigenvalue weighted by Gasteiger charge is -2.38. The SMILES string of the molecule is CNC1CCN(c2ccc(C)c(C)c2)CC1C. The molecule has 0 bridgehead atoms. The molecule has 0 aromatic heterocycles. The lowest BCUT2D eigenvalue weighted by atomic mass is 9.93. The third-order valence-corrected chi connectivity index (χ3v) is 4.13. The van der Waals surface area contributed by atoms with Crippen molar-refractivity contribution >= 4 is 5.69 Å². The Morgan fingerprint density at radius 1 is 1.24 bits per heavy atom. The van der Waals surface area contributed by atoms with E-state index >= 15 is 0 Å². The first-order valence-electron chi connectivity index (χ1n) is 6.61. The van der Waals surface area contributed by atoms with Crippen LogP contribution in [0.15, 0.2) is 18.2 Å². The molecule has 2 atom stereocenters. The quantitative estimate of drug-likeness (QED) is 0.843. The molecule has 2 rings (SSSR count). The highest BCUT2D eigenvalue weighted by Crippen LogP contribution is 2.25. The van der Waals surface area contributed by atoms with Crippen LogP contribution < -0.4 is 10.2 Å². The molecule has 1 heterocycles. The molecular weight excluding hydrogens is 208 g/mol. The van der Waals surface area contributed by atoms with E-state index in [1.165, 1.54) is 29.8 Å². The minimum absolute atomic E-state index is 0.679. The number of hydrogen-bond acceptors (Lipinski definition) is 2. The Hall–Kier alpha value is -1.02. The third kappa shape index (κ3) is 2.63. The van der Waals surface area contributed by atoms with Crippen molar-refractivity contribution in [1.82, 2.24) is 5.32 Å². The zero-order valence-electron chi connectivity index (χ0n) is 11.5. The Balaban J connectivity index is 2.11. The minimum Gasteiger partial charge on any atom is -0.371 e. The highest BCUT2D eigenvalue weighted by molar-refractivity contribution is 5.51. The van der Waals surface area contributed by atoms with E-state index < -0.39 is 0 Å². The molecule has 0 saturated carbocycles. The molecule has 0 amide bonds. The normalized spacial score (nSPS) is 25.1. The van der Waals surface area contributed by atoms with Crippen molar-refractivity contribution in [2.45, 2.75) is 33.2 Å². The van der Waals surface area contributed by atoms with Crippen LogP contribution in [0.3, 0.4) is 0 Å². The highest BCUT2D eigenvalue weighted by Gasteiger charge is 2.24. The van der Waals surface area contributed by atoms with Crippen LogP contribution in [0.4, 0.5) is 5.69 Å². The van der Waals surface area contributed by atoms with Crippen molar-refractivity contribution in [3.63, 3.8) is 0 Å². The molecule has 0 aliphatic carbocycles. The van der Waals surface area contributed by atoms with Gasteiger partial charge in [-0.1, -0.05) is 13.0 Å². The van der Waals surface area contributed by atoms with Crippen LogP contribution in [0, 0.1) is 19.8 Å². The molecule has 1 fully saturated rings. The van der Waals surface area contributed by atoms with Gasteiger partial charge in [-0.2, -0.15) is 0 Å². The first-order valence-corrected chi connectivity index (χ1v) is 6.61. The van der Waals surface area contributed by atoms with Gasteiger partial charge in [0.25, 0.3) is 0 Å². The first-order chi connectivity index (χ1) is 8.11. The molecule has 0 spiro atoms. The molecular formula is C15H24N2. The lowest BCUT2D eigenvalue weighted by molar-refractivity contribution is 0.339. The number of nitrogens with one attached hydrogen (secondary N) is 1. The predicted molar refractivity (Wildman–Crippen MR) is 74.8 cm³/mol. The number of aryl methyl sites for hydroxylation is 2. The van der Waals surface area contributed by atoms with Crippen LogP contribution in [0.5, 0.6) is 0 Å². The monoisotopic (exact) mass is 232 g/mol. The number of benzene rings is 1. The van der Waals surface area contributed by atoms with E-state index in [0.717, 1.165) is 12.5 Å². The molecule has 2 nitrogen and oxygen atoms in total. The molecule has 0 radical (unpaired) electrons. The summed E-state index contributed by atoms with van der Waals surface area (Å²) in [7, 11) is 2.08. The van der Waals surface area contributed by atoms with Gasteiger partial charge in [-0.3, -0.25) is 0 Å². The standard InChI is InChI=1S/C15H24N2/c1-11-5-6-14(9-12(11)2)17-8-7-15(16-4)13(3)10-17/h5-6,9,13,15-16H,7-8,10H2,1-4H3. The maximum Gasteiger partial charge on any atom is 0.0369 e. The van der Waals surface area contributed by atoms with Crippen LogP contribution in [0.25, 0.3) is 0 Å². The smallest absolute Gasteiger partial charge is 0.0369 e. The van der Waals surface area contributed by atoms with Crippen LogP contribution in [0.2, 0.25) is 0 Å². The van der Waals surface area contributed by atoms with Gasteiger partial charge < -0.3 is 10.2 Å². The zero-order valence-corrected chi connectivity index (χ0v) is 11.5. The van der Waals surface area contributed by atoms with Gasteiger partial charge in [0.1, 0.15) is 0 Å². The van der Waals surface area contributed by atoms with Crippen molar-refractivity contribution in [1.29, 1.82) is 0 Å². The Kier molecular flexibility index (Phi) is 3.72. The van der Waals surface area contributed by atoms with E-state index in [4.69, 9.17) is 0 Å². The number of rotatable bonds is 2. The largest absolute Gasteiger partial charge is 0.371 e. The number of hydrogen-bond donors (Lipinski definition) is 1. The van der Waals surface area contributed by atoms with Crippen LogP contribution in [-0.4, -0.2) is 26.2 Å². The zero-order chi connectivity index (χ0) is 12.4. The van der Waals surface area contributed by atoms with E-state index in [-0.39, 0.29) is 0 Å². The van der Waals surface area contributed by atoms with E-state index in [9.17, 15) is 0 Å². The first kappa shape index (κ1) is 12.4. The lowest BCUT2D eigenvalue weighted by Crippen LogP contribution is -2.47. The molecule has 1 aliphatic rings. The Labute approximate surface area is 105 Å². The Morgan fingerprint density at radius 3 is 2.59 bits per heavy atom. The molecule has 17 heavy (non-hydrogen) atoms. The second kappa shape index (κ2) is 5.09. The molecule has 2 heteroatoms. The van der Waals surface area contributed by atoms with Gasteiger partial charge in [0.2, 0.25) is 0 Å². The fourth-order valence-corrected chi connectivity index (χ4v) is 2.73. The second-order valence-electron chi connectivity index (χ2n) is 5.38. The predicted octanol–water partition coefficient (Wildman–Crippen LogP) is 2.74. The van der Waals surface area contributed by atoms with E-state index in [1.807, 2.05) is 0 Å². The van der Waals surface area contributed by atoms with E-state index in [2.05, 4.69) is 56.2 Å². The maximum atomic E-state index is 3.42. The van der Waals surface area contributed by atoms with Crippen molar-refractivity contribution in [2.24, 2.45) is 5.92 Å². The topological polar surface area (TPSA) is 15.3 Å². The minimum atomic E-state index is 0.679. The van der Waals surface area contributed by atoms with Gasteiger partial charge >= 0.3 is 0 Å². The van der Waals surface area contributed by atoms with Gasteiger partial charge in [-0.05, 0) is 56.5 Å². The van der Waals surface area contributed by atoms with Crippen molar-refractivity contribution < 1.29 is 0 Å². The third-order valence-electron chi connectivity index (χ3n) is 4.13. The molecule has 1 aliphatic heterocycles. The molecule has 94 valence electrons.